The molecular formula is C19H13F2NO2. The summed E-state index contributed by atoms with van der Waals surface area (Å²) in [6.07, 6.45) is 2.98. The molecule has 3 aromatic rings. The quantitative estimate of drug-likeness (QED) is 0.760. The molecule has 0 spiro atoms. The Bertz CT molecular complexity index is 981. The molecule has 0 unspecified atom stereocenters. The number of pyridine rings is 1. The summed E-state index contributed by atoms with van der Waals surface area (Å²) in [5.41, 5.74) is 1.82. The zero-order chi connectivity index (χ0) is 17.3. The third kappa shape index (κ3) is 2.88. The Morgan fingerprint density at radius 2 is 1.88 bits per heavy atom. The van der Waals surface area contributed by atoms with E-state index < -0.39 is 17.6 Å². The molecule has 5 heteroatoms. The molecule has 1 aromatic heterocycles. The molecule has 1 N–H and O–H groups in total. The molecule has 0 bridgehead atoms. The van der Waals surface area contributed by atoms with Crippen LogP contribution in [0.5, 0.6) is 0 Å². The number of nitrogens with zero attached hydrogens (tertiary/aromatic N) is 1. The van der Waals surface area contributed by atoms with Crippen LogP contribution in [0, 0.1) is 18.6 Å². The summed E-state index contributed by atoms with van der Waals surface area (Å²) in [4.78, 5) is 16.0. The number of aromatic nitrogens is 1. The maximum absolute atomic E-state index is 13.7. The lowest BCUT2D eigenvalue weighted by Crippen LogP contribution is -2.04. The highest BCUT2D eigenvalue weighted by atomic mass is 19.1. The van der Waals surface area contributed by atoms with Crippen molar-refractivity contribution in [2.24, 2.45) is 0 Å². The zero-order valence-corrected chi connectivity index (χ0v) is 12.8. The number of fused-ring (bicyclic) bond motifs is 1. The predicted molar refractivity (Wildman–Crippen MR) is 88.7 cm³/mol. The molecule has 0 aliphatic carbocycles. The van der Waals surface area contributed by atoms with Gasteiger partial charge in [-0.25, -0.2) is 18.6 Å². The first-order valence-corrected chi connectivity index (χ1v) is 7.23. The molecule has 120 valence electrons. The molecule has 0 fully saturated rings. The minimum absolute atomic E-state index is 0.167. The minimum atomic E-state index is -1.05. The van der Waals surface area contributed by atoms with E-state index in [0.717, 1.165) is 12.1 Å². The third-order valence-corrected chi connectivity index (χ3v) is 3.77. The van der Waals surface area contributed by atoms with Gasteiger partial charge >= 0.3 is 5.97 Å². The van der Waals surface area contributed by atoms with Gasteiger partial charge in [0.15, 0.2) is 0 Å². The number of aromatic carboxylic acids is 1. The number of hydrogen-bond donors (Lipinski definition) is 1. The number of hydrogen-bond acceptors (Lipinski definition) is 2. The fourth-order valence-electron chi connectivity index (χ4n) is 2.57. The van der Waals surface area contributed by atoms with E-state index >= 15 is 0 Å². The van der Waals surface area contributed by atoms with Crippen molar-refractivity contribution in [1.82, 2.24) is 4.98 Å². The average molecular weight is 325 g/mol. The van der Waals surface area contributed by atoms with Gasteiger partial charge in [-0.2, -0.15) is 0 Å². The second kappa shape index (κ2) is 6.20. The van der Waals surface area contributed by atoms with Crippen LogP contribution in [0.15, 0.2) is 42.5 Å². The highest BCUT2D eigenvalue weighted by Crippen LogP contribution is 2.24. The number of benzene rings is 2. The molecule has 0 atom stereocenters. The van der Waals surface area contributed by atoms with Crippen molar-refractivity contribution in [3.8, 4) is 0 Å². The Labute approximate surface area is 136 Å². The standard InChI is InChI=1S/C19H13F2NO2/c1-11-16(9-7-12-6-8-13(20)10-15(12)21)22-17-5-3-2-4-14(17)18(11)19(23)24/h2-10H,1H3,(H,23,24)/b9-7+. The number of para-hydroxylation sites is 1. The summed E-state index contributed by atoms with van der Waals surface area (Å²) in [6.45, 7) is 1.66. The summed E-state index contributed by atoms with van der Waals surface area (Å²) < 4.78 is 26.7. The van der Waals surface area contributed by atoms with Gasteiger partial charge in [-0.1, -0.05) is 18.2 Å². The van der Waals surface area contributed by atoms with E-state index in [1.807, 2.05) is 0 Å². The summed E-state index contributed by atoms with van der Waals surface area (Å²) in [7, 11) is 0. The fourth-order valence-corrected chi connectivity index (χ4v) is 2.57. The van der Waals surface area contributed by atoms with Crippen LogP contribution in [0.4, 0.5) is 8.78 Å². The number of halogens is 2. The first kappa shape index (κ1) is 15.8. The summed E-state index contributed by atoms with van der Waals surface area (Å²) in [5, 5.41) is 10.0. The molecule has 0 saturated heterocycles. The Hall–Kier alpha value is -3.08. The molecule has 1 heterocycles. The number of carboxylic acids is 1. The minimum Gasteiger partial charge on any atom is -0.478 e. The first-order chi connectivity index (χ1) is 11.5. The predicted octanol–water partition coefficient (Wildman–Crippen LogP) is 4.69. The maximum atomic E-state index is 13.7. The van der Waals surface area contributed by atoms with Crippen molar-refractivity contribution in [2.75, 3.05) is 0 Å². The van der Waals surface area contributed by atoms with E-state index in [9.17, 15) is 18.7 Å². The van der Waals surface area contributed by atoms with Gasteiger partial charge < -0.3 is 5.11 Å². The van der Waals surface area contributed by atoms with Gasteiger partial charge in [0.2, 0.25) is 0 Å². The Morgan fingerprint density at radius 3 is 2.58 bits per heavy atom. The van der Waals surface area contributed by atoms with E-state index in [2.05, 4.69) is 4.98 Å². The average Bonchev–Trinajstić information content (AvgIpc) is 2.53. The molecule has 0 aliphatic rings. The molecule has 0 radical (unpaired) electrons. The SMILES string of the molecule is Cc1c(/C=C/c2ccc(F)cc2F)nc2ccccc2c1C(=O)O. The van der Waals surface area contributed by atoms with Crippen molar-refractivity contribution >= 4 is 29.0 Å². The largest absolute Gasteiger partial charge is 0.478 e. The van der Waals surface area contributed by atoms with Crippen LogP contribution in [-0.4, -0.2) is 16.1 Å². The van der Waals surface area contributed by atoms with Crippen LogP contribution in [0.2, 0.25) is 0 Å². The van der Waals surface area contributed by atoms with Crippen LogP contribution in [-0.2, 0) is 0 Å². The topological polar surface area (TPSA) is 50.2 Å². The van der Waals surface area contributed by atoms with E-state index in [0.29, 0.717) is 22.2 Å². The monoisotopic (exact) mass is 325 g/mol. The van der Waals surface area contributed by atoms with Gasteiger partial charge in [0.05, 0.1) is 16.8 Å². The van der Waals surface area contributed by atoms with Crippen LogP contribution in [0.25, 0.3) is 23.1 Å². The zero-order valence-electron chi connectivity index (χ0n) is 12.8. The van der Waals surface area contributed by atoms with Gasteiger partial charge in [0.25, 0.3) is 0 Å². The second-order valence-corrected chi connectivity index (χ2v) is 5.32. The highest BCUT2D eigenvalue weighted by molar-refractivity contribution is 6.04. The van der Waals surface area contributed by atoms with E-state index in [4.69, 9.17) is 0 Å². The molecule has 3 rings (SSSR count). The number of carbonyl (C=O) groups is 1. The molecule has 0 aliphatic heterocycles. The molecule has 0 saturated carbocycles. The number of carboxylic acid groups (broad SMARTS) is 1. The van der Waals surface area contributed by atoms with Crippen molar-refractivity contribution < 1.29 is 18.7 Å². The lowest BCUT2D eigenvalue weighted by Gasteiger charge is -2.09. The van der Waals surface area contributed by atoms with E-state index in [-0.39, 0.29) is 11.1 Å². The Kier molecular flexibility index (Phi) is 4.08. The van der Waals surface area contributed by atoms with Crippen LogP contribution in [0.1, 0.15) is 27.2 Å². The Balaban J connectivity index is 2.14. The van der Waals surface area contributed by atoms with Crippen LogP contribution in [0.3, 0.4) is 0 Å². The third-order valence-electron chi connectivity index (χ3n) is 3.77. The van der Waals surface area contributed by atoms with Gasteiger partial charge in [-0.15, -0.1) is 0 Å². The smallest absolute Gasteiger partial charge is 0.336 e. The second-order valence-electron chi connectivity index (χ2n) is 5.32. The van der Waals surface area contributed by atoms with Gasteiger partial charge in [0, 0.05) is 17.0 Å². The molecular weight excluding hydrogens is 312 g/mol. The Morgan fingerprint density at radius 1 is 1.12 bits per heavy atom. The summed E-state index contributed by atoms with van der Waals surface area (Å²) in [6, 6.07) is 10.2. The molecule has 24 heavy (non-hydrogen) atoms. The first-order valence-electron chi connectivity index (χ1n) is 7.23. The van der Waals surface area contributed by atoms with Crippen LogP contribution >= 0.6 is 0 Å². The van der Waals surface area contributed by atoms with Crippen molar-refractivity contribution in [2.45, 2.75) is 6.92 Å². The summed E-state index contributed by atoms with van der Waals surface area (Å²) >= 11 is 0. The van der Waals surface area contributed by atoms with Gasteiger partial charge in [-0.3, -0.25) is 0 Å². The lowest BCUT2D eigenvalue weighted by atomic mass is 10.0. The van der Waals surface area contributed by atoms with Crippen molar-refractivity contribution in [3.05, 3.63) is 76.5 Å². The molecule has 3 nitrogen and oxygen atoms in total. The van der Waals surface area contributed by atoms with E-state index in [1.54, 1.807) is 31.2 Å². The van der Waals surface area contributed by atoms with Gasteiger partial charge in [-0.05, 0) is 42.8 Å². The van der Waals surface area contributed by atoms with Crippen molar-refractivity contribution in [1.29, 1.82) is 0 Å². The highest BCUT2D eigenvalue weighted by Gasteiger charge is 2.15. The number of rotatable bonds is 3. The molecule has 2 aromatic carbocycles. The normalized spacial score (nSPS) is 11.3. The van der Waals surface area contributed by atoms with Crippen molar-refractivity contribution in [3.63, 3.8) is 0 Å². The van der Waals surface area contributed by atoms with E-state index in [1.165, 1.54) is 18.2 Å². The maximum Gasteiger partial charge on any atom is 0.336 e. The van der Waals surface area contributed by atoms with Gasteiger partial charge in [0.1, 0.15) is 11.6 Å². The fraction of sp³-hybridized carbons (Fsp3) is 0.0526. The van der Waals surface area contributed by atoms with Crippen LogP contribution < -0.4 is 0 Å². The molecule has 0 amide bonds. The summed E-state index contributed by atoms with van der Waals surface area (Å²) in [5.74, 6) is -2.39. The lowest BCUT2D eigenvalue weighted by molar-refractivity contribution is 0.0698.